The van der Waals surface area contributed by atoms with Gasteiger partial charge in [0.1, 0.15) is 0 Å². The first kappa shape index (κ1) is 15.2. The number of nitrogens with zero attached hydrogens (tertiary/aromatic N) is 1. The molecule has 1 aromatic heterocycles. The molecule has 0 saturated heterocycles. The van der Waals surface area contributed by atoms with E-state index in [4.69, 9.17) is 0 Å². The summed E-state index contributed by atoms with van der Waals surface area (Å²) < 4.78 is 0. The maximum Gasteiger partial charge on any atom is 0.271 e. The summed E-state index contributed by atoms with van der Waals surface area (Å²) >= 11 is 1.60. The van der Waals surface area contributed by atoms with Crippen LogP contribution in [0.15, 0.2) is 71.1 Å². The number of nitrogens with one attached hydrogen (secondary N) is 1. The van der Waals surface area contributed by atoms with Crippen molar-refractivity contribution >= 4 is 23.5 Å². The molecule has 0 aliphatic heterocycles. The highest BCUT2D eigenvalue weighted by atomic mass is 32.1. The Morgan fingerprint density at radius 2 is 1.70 bits per heavy atom. The molecule has 1 N–H and O–H groups in total. The van der Waals surface area contributed by atoms with Crippen LogP contribution in [0, 0.1) is 6.92 Å². The van der Waals surface area contributed by atoms with Gasteiger partial charge in [-0.1, -0.05) is 42.5 Å². The summed E-state index contributed by atoms with van der Waals surface area (Å²) in [5, 5.41) is 6.02. The summed E-state index contributed by atoms with van der Waals surface area (Å²) in [6, 6.07) is 19.6. The molecule has 1 heterocycles. The standard InChI is InChI=1S/C19H16N2OS/c1-14-11-12-23-18(14)13-20-21-19(22)17-9-7-16(8-10-17)15-5-3-2-4-6-15/h2-13H,1H3,(H,21,22). The van der Waals surface area contributed by atoms with Crippen LogP contribution in [0.4, 0.5) is 0 Å². The van der Waals surface area contributed by atoms with E-state index in [1.807, 2.05) is 73.0 Å². The lowest BCUT2D eigenvalue weighted by Gasteiger charge is -2.03. The van der Waals surface area contributed by atoms with Gasteiger partial charge in [-0.25, -0.2) is 5.43 Å². The van der Waals surface area contributed by atoms with Gasteiger partial charge in [0, 0.05) is 10.4 Å². The first-order valence-corrected chi connectivity index (χ1v) is 8.15. The van der Waals surface area contributed by atoms with E-state index >= 15 is 0 Å². The van der Waals surface area contributed by atoms with E-state index in [9.17, 15) is 4.79 Å². The van der Waals surface area contributed by atoms with Crippen LogP contribution in [0.25, 0.3) is 11.1 Å². The first-order chi connectivity index (χ1) is 11.2. The van der Waals surface area contributed by atoms with Crippen LogP contribution in [0.2, 0.25) is 0 Å². The van der Waals surface area contributed by atoms with Crippen molar-refractivity contribution in [2.24, 2.45) is 5.10 Å². The Balaban J connectivity index is 1.66. The highest BCUT2D eigenvalue weighted by molar-refractivity contribution is 7.11. The number of hydrazone groups is 1. The van der Waals surface area contributed by atoms with Crippen molar-refractivity contribution in [2.75, 3.05) is 0 Å². The molecule has 0 fully saturated rings. The summed E-state index contributed by atoms with van der Waals surface area (Å²) in [6.07, 6.45) is 1.68. The topological polar surface area (TPSA) is 41.5 Å². The van der Waals surface area contributed by atoms with E-state index in [1.54, 1.807) is 17.6 Å². The lowest BCUT2D eigenvalue weighted by Crippen LogP contribution is -2.17. The van der Waals surface area contributed by atoms with Gasteiger partial charge in [-0.3, -0.25) is 4.79 Å². The Bertz CT molecular complexity index is 820. The predicted molar refractivity (Wildman–Crippen MR) is 96.0 cm³/mol. The third-order valence-electron chi connectivity index (χ3n) is 3.50. The number of rotatable bonds is 4. The summed E-state index contributed by atoms with van der Waals surface area (Å²) in [6.45, 7) is 2.02. The minimum atomic E-state index is -0.213. The fourth-order valence-corrected chi connectivity index (χ4v) is 2.96. The molecule has 0 radical (unpaired) electrons. The molecule has 0 spiro atoms. The van der Waals surface area contributed by atoms with Gasteiger partial charge >= 0.3 is 0 Å². The molecule has 23 heavy (non-hydrogen) atoms. The highest BCUT2D eigenvalue weighted by Crippen LogP contribution is 2.19. The summed E-state index contributed by atoms with van der Waals surface area (Å²) in [4.78, 5) is 13.1. The number of thiophene rings is 1. The maximum atomic E-state index is 12.1. The zero-order valence-electron chi connectivity index (χ0n) is 12.7. The van der Waals surface area contributed by atoms with E-state index in [-0.39, 0.29) is 5.91 Å². The van der Waals surface area contributed by atoms with Crippen molar-refractivity contribution in [2.45, 2.75) is 6.92 Å². The molecule has 0 saturated carbocycles. The Labute approximate surface area is 139 Å². The van der Waals surface area contributed by atoms with Gasteiger partial charge < -0.3 is 0 Å². The second-order valence-corrected chi connectivity index (χ2v) is 6.06. The fourth-order valence-electron chi connectivity index (χ4n) is 2.18. The minimum Gasteiger partial charge on any atom is -0.267 e. The number of carbonyl (C=O) groups is 1. The van der Waals surface area contributed by atoms with Crippen LogP contribution >= 0.6 is 11.3 Å². The number of carbonyl (C=O) groups excluding carboxylic acids is 1. The zero-order valence-corrected chi connectivity index (χ0v) is 13.5. The number of hydrogen-bond acceptors (Lipinski definition) is 3. The number of amides is 1. The quantitative estimate of drug-likeness (QED) is 0.558. The summed E-state index contributed by atoms with van der Waals surface area (Å²) in [5.74, 6) is -0.213. The summed E-state index contributed by atoms with van der Waals surface area (Å²) in [5.41, 5.74) is 6.51. The molecular weight excluding hydrogens is 304 g/mol. The molecule has 0 aliphatic carbocycles. The molecular formula is C19H16N2OS. The van der Waals surface area contributed by atoms with E-state index in [1.165, 1.54) is 0 Å². The van der Waals surface area contributed by atoms with E-state index in [0.29, 0.717) is 5.56 Å². The smallest absolute Gasteiger partial charge is 0.267 e. The van der Waals surface area contributed by atoms with Gasteiger partial charge in [-0.2, -0.15) is 5.10 Å². The molecule has 114 valence electrons. The third-order valence-corrected chi connectivity index (χ3v) is 4.46. The molecule has 4 heteroatoms. The lowest BCUT2D eigenvalue weighted by atomic mass is 10.0. The molecule has 3 rings (SSSR count). The molecule has 0 atom stereocenters. The normalized spacial score (nSPS) is 10.8. The molecule has 2 aromatic carbocycles. The highest BCUT2D eigenvalue weighted by Gasteiger charge is 2.05. The number of hydrogen-bond donors (Lipinski definition) is 1. The van der Waals surface area contributed by atoms with Crippen LogP contribution in [0.5, 0.6) is 0 Å². The van der Waals surface area contributed by atoms with Crippen molar-refractivity contribution < 1.29 is 4.79 Å². The van der Waals surface area contributed by atoms with Crippen LogP contribution in [0.3, 0.4) is 0 Å². The molecule has 0 aliphatic rings. The van der Waals surface area contributed by atoms with E-state index in [2.05, 4.69) is 10.5 Å². The fraction of sp³-hybridized carbons (Fsp3) is 0.0526. The van der Waals surface area contributed by atoms with Crippen LogP contribution in [-0.4, -0.2) is 12.1 Å². The Hall–Kier alpha value is -2.72. The van der Waals surface area contributed by atoms with Crippen LogP contribution in [0.1, 0.15) is 20.8 Å². The zero-order chi connectivity index (χ0) is 16.1. The van der Waals surface area contributed by atoms with Crippen molar-refractivity contribution in [1.29, 1.82) is 0 Å². The molecule has 1 amide bonds. The lowest BCUT2D eigenvalue weighted by molar-refractivity contribution is 0.0955. The average molecular weight is 320 g/mol. The Morgan fingerprint density at radius 1 is 1.00 bits per heavy atom. The van der Waals surface area contributed by atoms with Crippen molar-refractivity contribution in [3.05, 3.63) is 82.0 Å². The van der Waals surface area contributed by atoms with E-state index < -0.39 is 0 Å². The Morgan fingerprint density at radius 3 is 2.35 bits per heavy atom. The predicted octanol–water partition coefficient (Wildman–Crippen LogP) is 4.49. The van der Waals surface area contributed by atoms with Gasteiger partial charge in [0.05, 0.1) is 6.21 Å². The van der Waals surface area contributed by atoms with Gasteiger partial charge in [-0.05, 0) is 47.2 Å². The molecule has 0 unspecified atom stereocenters. The maximum absolute atomic E-state index is 12.1. The van der Waals surface area contributed by atoms with E-state index in [0.717, 1.165) is 21.6 Å². The third kappa shape index (κ3) is 3.73. The second-order valence-electron chi connectivity index (χ2n) is 5.11. The van der Waals surface area contributed by atoms with Gasteiger partial charge in [0.25, 0.3) is 5.91 Å². The number of aryl methyl sites for hydroxylation is 1. The monoisotopic (exact) mass is 320 g/mol. The van der Waals surface area contributed by atoms with Gasteiger partial charge in [0.2, 0.25) is 0 Å². The summed E-state index contributed by atoms with van der Waals surface area (Å²) in [7, 11) is 0. The number of benzene rings is 2. The Kier molecular flexibility index (Phi) is 4.64. The van der Waals surface area contributed by atoms with Crippen molar-refractivity contribution in [1.82, 2.24) is 5.43 Å². The minimum absolute atomic E-state index is 0.213. The average Bonchev–Trinajstić information content (AvgIpc) is 3.01. The largest absolute Gasteiger partial charge is 0.271 e. The van der Waals surface area contributed by atoms with Crippen LogP contribution < -0.4 is 5.43 Å². The van der Waals surface area contributed by atoms with Crippen molar-refractivity contribution in [3.8, 4) is 11.1 Å². The van der Waals surface area contributed by atoms with Crippen LogP contribution in [-0.2, 0) is 0 Å². The van der Waals surface area contributed by atoms with Crippen molar-refractivity contribution in [3.63, 3.8) is 0 Å². The SMILES string of the molecule is Cc1ccsc1C=NNC(=O)c1ccc(-c2ccccc2)cc1. The van der Waals surface area contributed by atoms with Gasteiger partial charge in [-0.15, -0.1) is 11.3 Å². The molecule has 3 aromatic rings. The van der Waals surface area contributed by atoms with Gasteiger partial charge in [0.15, 0.2) is 0 Å². The molecule has 0 bridgehead atoms. The second kappa shape index (κ2) is 7.03. The first-order valence-electron chi connectivity index (χ1n) is 7.27. The molecule has 3 nitrogen and oxygen atoms in total.